The Morgan fingerprint density at radius 1 is 1.21 bits per heavy atom. The Balaban J connectivity index is 2.62. The fourth-order valence-electron chi connectivity index (χ4n) is 1.49. The minimum atomic E-state index is -4.52. The average Bonchev–Trinajstić information content (AvgIpc) is 2.37. The monoisotopic (exact) mass is 267 g/mol. The summed E-state index contributed by atoms with van der Waals surface area (Å²) < 4.78 is 37.1. The van der Waals surface area contributed by atoms with E-state index in [1.54, 1.807) is 31.2 Å². The third-order valence-corrected chi connectivity index (χ3v) is 2.72. The topological polar surface area (TPSA) is 59.6 Å². The van der Waals surface area contributed by atoms with Gasteiger partial charge in [-0.2, -0.15) is 23.7 Å². The van der Waals surface area contributed by atoms with Gasteiger partial charge in [-0.05, 0) is 24.6 Å². The first-order valence-electron chi connectivity index (χ1n) is 5.58. The summed E-state index contributed by atoms with van der Waals surface area (Å²) in [5, 5.41) is 19.8. The van der Waals surface area contributed by atoms with Crippen LogP contribution in [0, 0.1) is 28.6 Å². The summed E-state index contributed by atoms with van der Waals surface area (Å²) >= 11 is 0. The molecule has 2 atom stereocenters. The van der Waals surface area contributed by atoms with Gasteiger partial charge < -0.3 is 5.32 Å². The number of alkyl halides is 3. The number of nitrogens with one attached hydrogen (secondary N) is 1. The number of rotatable bonds is 4. The largest absolute Gasteiger partial charge is 0.405 e. The molecule has 0 aliphatic rings. The lowest BCUT2D eigenvalue weighted by Gasteiger charge is -2.18. The van der Waals surface area contributed by atoms with Gasteiger partial charge in [-0.25, -0.2) is 0 Å². The molecule has 100 valence electrons. The molecule has 0 heterocycles. The number of nitriles is 2. The number of hydrogen-bond acceptors (Lipinski definition) is 3. The van der Waals surface area contributed by atoms with Gasteiger partial charge in [-0.3, -0.25) is 0 Å². The van der Waals surface area contributed by atoms with Crippen LogP contribution < -0.4 is 5.32 Å². The quantitative estimate of drug-likeness (QED) is 0.912. The molecular formula is C13H12F3N3. The first kappa shape index (κ1) is 15.0. The second-order valence-electron chi connectivity index (χ2n) is 4.09. The summed E-state index contributed by atoms with van der Waals surface area (Å²) in [7, 11) is 0. The van der Waals surface area contributed by atoms with E-state index >= 15 is 0 Å². The van der Waals surface area contributed by atoms with Gasteiger partial charge in [0.2, 0.25) is 0 Å². The second kappa shape index (κ2) is 6.21. The summed E-state index contributed by atoms with van der Waals surface area (Å²) in [5.74, 6) is -2.02. The van der Waals surface area contributed by atoms with E-state index in [1.807, 2.05) is 6.07 Å². The van der Waals surface area contributed by atoms with Crippen LogP contribution in [0.3, 0.4) is 0 Å². The molecule has 1 rings (SSSR count). The molecule has 19 heavy (non-hydrogen) atoms. The third kappa shape index (κ3) is 4.27. The van der Waals surface area contributed by atoms with Crippen LogP contribution in [0.2, 0.25) is 0 Å². The Bertz CT molecular complexity index is 494. The Kier molecular flexibility index (Phi) is 4.91. The molecule has 1 aromatic carbocycles. The molecular weight excluding hydrogens is 255 g/mol. The predicted molar refractivity (Wildman–Crippen MR) is 62.7 cm³/mol. The number of halogens is 3. The van der Waals surface area contributed by atoms with E-state index in [0.29, 0.717) is 5.56 Å². The van der Waals surface area contributed by atoms with Crippen molar-refractivity contribution in [2.24, 2.45) is 5.92 Å². The van der Waals surface area contributed by atoms with Gasteiger partial charge >= 0.3 is 6.18 Å². The first-order chi connectivity index (χ1) is 8.88. The van der Waals surface area contributed by atoms with Gasteiger partial charge in [0, 0.05) is 12.6 Å². The van der Waals surface area contributed by atoms with Gasteiger partial charge in [0.15, 0.2) is 5.92 Å². The fourth-order valence-corrected chi connectivity index (χ4v) is 1.49. The summed E-state index contributed by atoms with van der Waals surface area (Å²) in [6, 6.07) is 9.40. The van der Waals surface area contributed by atoms with Gasteiger partial charge in [0.25, 0.3) is 0 Å². The first-order valence-corrected chi connectivity index (χ1v) is 5.58. The van der Waals surface area contributed by atoms with E-state index < -0.39 is 18.6 Å². The van der Waals surface area contributed by atoms with Crippen LogP contribution >= 0.6 is 0 Å². The lowest BCUT2D eigenvalue weighted by atomic mass is 10.1. The summed E-state index contributed by atoms with van der Waals surface area (Å²) in [6.07, 6.45) is -4.52. The molecule has 0 bridgehead atoms. The van der Waals surface area contributed by atoms with Crippen LogP contribution in [0.15, 0.2) is 24.3 Å². The zero-order valence-electron chi connectivity index (χ0n) is 10.2. The number of hydrogen-bond donors (Lipinski definition) is 1. The Hall–Kier alpha value is -2.05. The Labute approximate surface area is 109 Å². The van der Waals surface area contributed by atoms with Crippen molar-refractivity contribution >= 4 is 0 Å². The van der Waals surface area contributed by atoms with Gasteiger partial charge in [0.1, 0.15) is 0 Å². The summed E-state index contributed by atoms with van der Waals surface area (Å²) in [5.41, 5.74) is 1.25. The highest BCUT2D eigenvalue weighted by Gasteiger charge is 2.39. The van der Waals surface area contributed by atoms with Crippen molar-refractivity contribution in [3.05, 3.63) is 35.4 Å². The highest BCUT2D eigenvalue weighted by atomic mass is 19.4. The van der Waals surface area contributed by atoms with Crippen LogP contribution in [0.4, 0.5) is 13.2 Å². The lowest BCUT2D eigenvalue weighted by Crippen LogP contribution is -2.33. The van der Waals surface area contributed by atoms with E-state index in [2.05, 4.69) is 5.32 Å². The van der Waals surface area contributed by atoms with Crippen molar-refractivity contribution in [1.82, 2.24) is 5.32 Å². The molecule has 0 spiro atoms. The Morgan fingerprint density at radius 2 is 1.79 bits per heavy atom. The molecule has 0 saturated heterocycles. The molecule has 0 amide bonds. The molecule has 2 unspecified atom stereocenters. The van der Waals surface area contributed by atoms with Crippen LogP contribution in [-0.4, -0.2) is 12.7 Å². The SMILES string of the molecule is CC(NCC(C#N)C(F)(F)F)c1ccc(C#N)cc1. The molecule has 3 nitrogen and oxygen atoms in total. The maximum absolute atomic E-state index is 12.4. The normalized spacial score (nSPS) is 14.2. The summed E-state index contributed by atoms with van der Waals surface area (Å²) in [6.45, 7) is 1.24. The highest BCUT2D eigenvalue weighted by Crippen LogP contribution is 2.25. The molecule has 0 radical (unpaired) electrons. The van der Waals surface area contributed by atoms with Gasteiger partial charge in [-0.1, -0.05) is 12.1 Å². The molecule has 0 aromatic heterocycles. The zero-order chi connectivity index (χ0) is 14.5. The summed E-state index contributed by atoms with van der Waals surface area (Å²) in [4.78, 5) is 0. The standard InChI is InChI=1S/C13H12F3N3/c1-9(11-4-2-10(6-17)3-5-11)19-8-12(7-18)13(14,15)16/h2-5,9,12,19H,8H2,1H3. The second-order valence-corrected chi connectivity index (χ2v) is 4.09. The third-order valence-electron chi connectivity index (χ3n) is 2.72. The van der Waals surface area contributed by atoms with E-state index in [0.717, 1.165) is 5.56 Å². The van der Waals surface area contributed by atoms with Crippen molar-refractivity contribution in [2.45, 2.75) is 19.1 Å². The minimum absolute atomic E-state index is 0.328. The molecule has 1 aromatic rings. The van der Waals surface area contributed by atoms with Gasteiger partial charge in [-0.15, -0.1) is 0 Å². The molecule has 0 aliphatic carbocycles. The molecule has 6 heteroatoms. The van der Waals surface area contributed by atoms with Crippen LogP contribution in [0.5, 0.6) is 0 Å². The van der Waals surface area contributed by atoms with Gasteiger partial charge in [0.05, 0.1) is 17.7 Å². The van der Waals surface area contributed by atoms with Crippen molar-refractivity contribution < 1.29 is 13.2 Å². The predicted octanol–water partition coefficient (Wildman–Crippen LogP) is 2.91. The molecule has 1 N–H and O–H groups in total. The van der Waals surface area contributed by atoms with Crippen molar-refractivity contribution in [2.75, 3.05) is 6.54 Å². The van der Waals surface area contributed by atoms with Crippen LogP contribution in [-0.2, 0) is 0 Å². The molecule has 0 fully saturated rings. The highest BCUT2D eigenvalue weighted by molar-refractivity contribution is 5.32. The zero-order valence-corrected chi connectivity index (χ0v) is 10.2. The number of nitrogens with zero attached hydrogens (tertiary/aromatic N) is 2. The number of benzene rings is 1. The van der Waals surface area contributed by atoms with Crippen molar-refractivity contribution in [3.63, 3.8) is 0 Å². The van der Waals surface area contributed by atoms with E-state index in [-0.39, 0.29) is 6.04 Å². The lowest BCUT2D eigenvalue weighted by molar-refractivity contribution is -0.157. The van der Waals surface area contributed by atoms with Crippen molar-refractivity contribution in [1.29, 1.82) is 10.5 Å². The minimum Gasteiger partial charge on any atom is -0.309 e. The fraction of sp³-hybridized carbons (Fsp3) is 0.385. The molecule has 0 saturated carbocycles. The van der Waals surface area contributed by atoms with Crippen molar-refractivity contribution in [3.8, 4) is 12.1 Å². The van der Waals surface area contributed by atoms with E-state index in [4.69, 9.17) is 10.5 Å². The van der Waals surface area contributed by atoms with E-state index in [9.17, 15) is 13.2 Å². The Morgan fingerprint density at radius 3 is 2.21 bits per heavy atom. The van der Waals surface area contributed by atoms with Crippen LogP contribution in [0.1, 0.15) is 24.1 Å². The smallest absolute Gasteiger partial charge is 0.309 e. The maximum atomic E-state index is 12.4. The van der Waals surface area contributed by atoms with Crippen LogP contribution in [0.25, 0.3) is 0 Å². The van der Waals surface area contributed by atoms with E-state index in [1.165, 1.54) is 6.07 Å². The maximum Gasteiger partial charge on any atom is 0.405 e. The molecule has 0 aliphatic heterocycles. The average molecular weight is 267 g/mol.